The Kier molecular flexibility index (Phi) is 9.27. The molecule has 2 aromatic heterocycles. The molecule has 3 N–H and O–H groups in total. The van der Waals surface area contributed by atoms with Gasteiger partial charge in [0.15, 0.2) is 0 Å². The van der Waals surface area contributed by atoms with Gasteiger partial charge in [0.1, 0.15) is 18.7 Å². The Morgan fingerprint density at radius 1 is 0.654 bits per heavy atom. The first-order valence-electron chi connectivity index (χ1n) is 16.6. The minimum Gasteiger partial charge on any atom is -0.467 e. The number of carbonyl (C=O) groups is 5. The van der Waals surface area contributed by atoms with Crippen molar-refractivity contribution in [3.63, 3.8) is 0 Å². The van der Waals surface area contributed by atoms with Gasteiger partial charge in [0.25, 0.3) is 11.8 Å². The number of nitrogens with zero attached hydrogens (tertiary/aromatic N) is 1. The van der Waals surface area contributed by atoms with Crippen LogP contribution < -0.4 is 5.32 Å². The van der Waals surface area contributed by atoms with Gasteiger partial charge in [-0.3, -0.25) is 14.5 Å². The predicted octanol–water partition coefficient (Wildman–Crippen LogP) is 5.71. The van der Waals surface area contributed by atoms with Crippen molar-refractivity contribution in [2.45, 2.75) is 31.5 Å². The van der Waals surface area contributed by atoms with Crippen molar-refractivity contribution in [2.75, 3.05) is 14.2 Å². The Labute approximate surface area is 297 Å². The van der Waals surface area contributed by atoms with E-state index < -0.39 is 41.9 Å². The van der Waals surface area contributed by atoms with Crippen molar-refractivity contribution in [3.8, 4) is 11.4 Å². The Bertz CT molecular complexity index is 2310. The number of esters is 2. The maximum Gasteiger partial charge on any atom is 0.408 e. The number of methoxy groups -OCH3 is 2. The summed E-state index contributed by atoms with van der Waals surface area (Å²) < 4.78 is 15.7. The average molecular weight is 699 g/mol. The summed E-state index contributed by atoms with van der Waals surface area (Å²) in [4.78, 5) is 74.7. The number of alkyl carbamates (subject to hydrolysis) is 1. The van der Waals surface area contributed by atoms with Crippen molar-refractivity contribution < 1.29 is 38.2 Å². The molecule has 0 saturated carbocycles. The molecule has 52 heavy (non-hydrogen) atoms. The number of ether oxygens (including phenoxy) is 3. The first-order valence-corrected chi connectivity index (χ1v) is 16.6. The van der Waals surface area contributed by atoms with Crippen LogP contribution in [0.5, 0.6) is 0 Å². The molecule has 6 aromatic rings. The molecule has 12 heteroatoms. The van der Waals surface area contributed by atoms with E-state index in [4.69, 9.17) is 14.2 Å². The highest BCUT2D eigenvalue weighted by molar-refractivity contribution is 6.22. The molecule has 3 amide bonds. The highest BCUT2D eigenvalue weighted by Crippen LogP contribution is 2.38. The highest BCUT2D eigenvalue weighted by atomic mass is 16.6. The predicted molar refractivity (Wildman–Crippen MR) is 191 cm³/mol. The maximum absolute atomic E-state index is 13.6. The fourth-order valence-electron chi connectivity index (χ4n) is 6.80. The lowest BCUT2D eigenvalue weighted by atomic mass is 9.96. The molecule has 4 aromatic carbocycles. The number of aromatic amines is 2. The van der Waals surface area contributed by atoms with Gasteiger partial charge in [0.05, 0.1) is 36.7 Å². The molecule has 0 aliphatic carbocycles. The third-order valence-electron chi connectivity index (χ3n) is 9.28. The van der Waals surface area contributed by atoms with Gasteiger partial charge < -0.3 is 29.5 Å². The third-order valence-corrected chi connectivity index (χ3v) is 9.28. The zero-order valence-electron chi connectivity index (χ0n) is 28.3. The van der Waals surface area contributed by atoms with Gasteiger partial charge in [0, 0.05) is 34.6 Å². The molecular weight excluding hydrogens is 664 g/mol. The fourth-order valence-corrected chi connectivity index (χ4v) is 6.80. The van der Waals surface area contributed by atoms with Gasteiger partial charge >= 0.3 is 18.0 Å². The molecule has 0 unspecified atom stereocenters. The second kappa shape index (κ2) is 14.3. The summed E-state index contributed by atoms with van der Waals surface area (Å²) in [6.45, 7) is 0.00575. The van der Waals surface area contributed by atoms with Gasteiger partial charge in [-0.05, 0) is 41.0 Å². The number of carbonyl (C=O) groups excluding carboxylic acids is 5. The van der Waals surface area contributed by atoms with Crippen LogP contribution in [0.25, 0.3) is 33.2 Å². The van der Waals surface area contributed by atoms with Crippen LogP contribution in [0.1, 0.15) is 37.4 Å². The molecule has 0 fully saturated rings. The SMILES string of the molecule is COC(=O)[C@H](Cc1c(-c2[nH]c3ccccc3c2C[C@@H](C(=O)OC)N2C(=O)c3ccccc3C2=O)[nH]c2ccccc12)NC(=O)OCc1ccccc1. The summed E-state index contributed by atoms with van der Waals surface area (Å²) in [5, 5.41) is 4.20. The van der Waals surface area contributed by atoms with Gasteiger partial charge in [-0.2, -0.15) is 0 Å². The molecule has 12 nitrogen and oxygen atoms in total. The van der Waals surface area contributed by atoms with Crippen molar-refractivity contribution in [1.82, 2.24) is 20.2 Å². The topological polar surface area (TPSA) is 160 Å². The van der Waals surface area contributed by atoms with E-state index in [-0.39, 0.29) is 30.6 Å². The van der Waals surface area contributed by atoms with E-state index in [1.165, 1.54) is 14.2 Å². The standard InChI is InChI=1S/C40H34N4O8/c1-50-38(47)32(43-40(49)52-22-23-12-4-3-5-13-23)20-28-24-14-8-10-18-30(24)41-34(28)35-29(25-15-9-11-19-31(25)42-35)21-33(39(48)51-2)44-36(45)26-16-6-7-17-27(26)37(44)46/h3-19,32-33,41-42H,20-22H2,1-2H3,(H,43,49)/t32-,33-/m0/s1. The van der Waals surface area contributed by atoms with Gasteiger partial charge in [-0.25, -0.2) is 14.4 Å². The van der Waals surface area contributed by atoms with E-state index in [1.54, 1.807) is 24.3 Å². The number of fused-ring (bicyclic) bond motifs is 3. The highest BCUT2D eigenvalue weighted by Gasteiger charge is 2.44. The van der Waals surface area contributed by atoms with Crippen LogP contribution in [-0.2, 0) is 43.2 Å². The molecule has 7 rings (SSSR count). The number of amides is 3. The summed E-state index contributed by atoms with van der Waals surface area (Å²) >= 11 is 0. The van der Waals surface area contributed by atoms with E-state index in [0.29, 0.717) is 22.5 Å². The molecule has 3 heterocycles. The smallest absolute Gasteiger partial charge is 0.408 e. The normalized spacial score (nSPS) is 13.5. The van der Waals surface area contributed by atoms with E-state index in [0.717, 1.165) is 32.3 Å². The minimum atomic E-state index is -1.30. The number of hydrogen-bond acceptors (Lipinski definition) is 8. The summed E-state index contributed by atoms with van der Waals surface area (Å²) in [7, 11) is 2.45. The second-order valence-corrected chi connectivity index (χ2v) is 12.3. The maximum atomic E-state index is 13.6. The first-order chi connectivity index (χ1) is 25.3. The Balaban J connectivity index is 1.29. The first kappa shape index (κ1) is 33.8. The monoisotopic (exact) mass is 698 g/mol. The Morgan fingerprint density at radius 3 is 1.71 bits per heavy atom. The molecular formula is C40H34N4O8. The quantitative estimate of drug-likeness (QED) is 0.0882. The molecule has 0 saturated heterocycles. The summed E-state index contributed by atoms with van der Waals surface area (Å²) in [6.07, 6.45) is -0.884. The van der Waals surface area contributed by atoms with Crippen LogP contribution in [0.4, 0.5) is 4.79 Å². The van der Waals surface area contributed by atoms with Crippen molar-refractivity contribution in [1.29, 1.82) is 0 Å². The van der Waals surface area contributed by atoms with Crippen LogP contribution in [0.2, 0.25) is 0 Å². The summed E-state index contributed by atoms with van der Waals surface area (Å²) in [5.41, 5.74) is 5.11. The van der Waals surface area contributed by atoms with E-state index >= 15 is 0 Å². The van der Waals surface area contributed by atoms with Crippen LogP contribution in [0.3, 0.4) is 0 Å². The van der Waals surface area contributed by atoms with E-state index in [1.807, 2.05) is 78.9 Å². The van der Waals surface area contributed by atoms with Crippen molar-refractivity contribution in [2.24, 2.45) is 0 Å². The van der Waals surface area contributed by atoms with E-state index in [9.17, 15) is 24.0 Å². The Hall–Kier alpha value is -6.69. The number of rotatable bonds is 11. The lowest BCUT2D eigenvalue weighted by Gasteiger charge is -2.24. The average Bonchev–Trinajstić information content (AvgIpc) is 3.81. The fraction of sp³-hybridized carbons (Fsp3) is 0.175. The van der Waals surface area contributed by atoms with Crippen LogP contribution in [-0.4, -0.2) is 71.0 Å². The number of H-pyrrole nitrogens is 2. The second-order valence-electron chi connectivity index (χ2n) is 12.3. The van der Waals surface area contributed by atoms with Gasteiger partial charge in [-0.1, -0.05) is 78.9 Å². The third kappa shape index (κ3) is 6.26. The largest absolute Gasteiger partial charge is 0.467 e. The van der Waals surface area contributed by atoms with Crippen LogP contribution in [0, 0.1) is 0 Å². The van der Waals surface area contributed by atoms with Gasteiger partial charge in [-0.15, -0.1) is 0 Å². The van der Waals surface area contributed by atoms with Crippen LogP contribution >= 0.6 is 0 Å². The number of para-hydroxylation sites is 2. The number of aromatic nitrogens is 2. The molecule has 1 aliphatic heterocycles. The molecule has 2 atom stereocenters. The number of imide groups is 1. The minimum absolute atomic E-state index is 0.0000980. The van der Waals surface area contributed by atoms with E-state index in [2.05, 4.69) is 15.3 Å². The molecule has 0 radical (unpaired) electrons. The van der Waals surface area contributed by atoms with Crippen LogP contribution in [0.15, 0.2) is 103 Å². The molecule has 262 valence electrons. The Morgan fingerprint density at radius 2 is 1.15 bits per heavy atom. The molecule has 1 aliphatic rings. The number of hydrogen-bond donors (Lipinski definition) is 3. The molecule has 0 bridgehead atoms. The van der Waals surface area contributed by atoms with Crippen molar-refractivity contribution >= 4 is 51.7 Å². The summed E-state index contributed by atoms with van der Waals surface area (Å²) in [6, 6.07) is 28.1. The molecule has 0 spiro atoms. The lowest BCUT2D eigenvalue weighted by molar-refractivity contribution is -0.145. The summed E-state index contributed by atoms with van der Waals surface area (Å²) in [5.74, 6) is -2.61. The number of nitrogens with one attached hydrogen (secondary N) is 3. The zero-order chi connectivity index (χ0) is 36.4. The number of benzene rings is 4. The van der Waals surface area contributed by atoms with Crippen molar-refractivity contribution in [3.05, 3.63) is 131 Å². The lowest BCUT2D eigenvalue weighted by Crippen LogP contribution is -2.46. The zero-order valence-corrected chi connectivity index (χ0v) is 28.3. The van der Waals surface area contributed by atoms with Gasteiger partial charge in [0.2, 0.25) is 0 Å².